The Hall–Kier alpha value is -7.10. The highest BCUT2D eigenvalue weighted by atomic mass is 35.5. The van der Waals surface area contributed by atoms with E-state index < -0.39 is 12.1 Å². The first-order chi connectivity index (χ1) is 30.6. The van der Waals surface area contributed by atoms with Gasteiger partial charge in [-0.1, -0.05) is 47.5 Å². The molecule has 17 heteroatoms. The van der Waals surface area contributed by atoms with Gasteiger partial charge in [-0.15, -0.1) is 10.2 Å². The number of benzene rings is 4. The van der Waals surface area contributed by atoms with E-state index in [1.165, 1.54) is 9.80 Å². The van der Waals surface area contributed by atoms with Gasteiger partial charge in [0.25, 0.3) is 11.8 Å². The number of carbonyl (C=O) groups is 4. The third kappa shape index (κ3) is 8.08. The summed E-state index contributed by atoms with van der Waals surface area (Å²) in [5.74, 6) is 0.231. The maximum absolute atomic E-state index is 13.8. The fourth-order valence-corrected chi connectivity index (χ4v) is 8.64. The van der Waals surface area contributed by atoms with Crippen LogP contribution in [-0.4, -0.2) is 93.0 Å². The van der Waals surface area contributed by atoms with Gasteiger partial charge in [0.15, 0.2) is 0 Å². The quantitative estimate of drug-likeness (QED) is 0.126. The number of carbonyl (C=O) groups excluding carboxylic acids is 4. The Labute approximate surface area is 370 Å². The van der Waals surface area contributed by atoms with E-state index >= 15 is 0 Å². The summed E-state index contributed by atoms with van der Waals surface area (Å²) in [6.07, 6.45) is 2.29. The molecule has 5 heterocycles. The summed E-state index contributed by atoms with van der Waals surface area (Å²) in [5, 5.41) is 17.1. The van der Waals surface area contributed by atoms with Crippen LogP contribution in [0.25, 0.3) is 44.5 Å². The average Bonchev–Trinajstić information content (AvgIpc) is 4.11. The predicted molar refractivity (Wildman–Crippen MR) is 237 cm³/mol. The van der Waals surface area contributed by atoms with Gasteiger partial charge in [-0.3, -0.25) is 19.2 Å². The summed E-state index contributed by atoms with van der Waals surface area (Å²) < 4.78 is 16.9. The number of nitrogens with zero attached hydrogens (tertiary/aromatic N) is 6. The second kappa shape index (κ2) is 17.3. The number of likely N-dealkylation sites (tertiary alicyclic amines) is 2. The van der Waals surface area contributed by atoms with E-state index in [1.54, 1.807) is 111 Å². The van der Waals surface area contributed by atoms with Crippen molar-refractivity contribution in [2.45, 2.75) is 37.8 Å². The number of methoxy groups -OCH3 is 2. The third-order valence-corrected chi connectivity index (χ3v) is 11.7. The standard InChI is InChI=1S/C46H38Cl2N8O7/c1-61-35-11-3-7-29-31(35)23-37(47)51-39(29)45(59)55-21-5-9-33(55)41(57)49-27-17-13-25(14-18-27)43-53-54-44(63-43)26-15-19-28(20-16-26)50-42(58)34-10-6-22-56(34)46(60)40-30-8-4-12-36(62-2)32(30)24-38(48)52-40/h3-4,7-8,11-20,23-24,33-34H,5-6,9-10,21-22H2,1-2H3,(H,49,57)(H,50,58). The summed E-state index contributed by atoms with van der Waals surface area (Å²) in [6, 6.07) is 26.4. The smallest absolute Gasteiger partial charge is 0.273 e. The molecule has 2 saturated heterocycles. The molecule has 0 bridgehead atoms. The molecule has 2 aliphatic heterocycles. The van der Waals surface area contributed by atoms with E-state index in [4.69, 9.17) is 37.1 Å². The lowest BCUT2D eigenvalue weighted by Gasteiger charge is -2.24. The Balaban J connectivity index is 0.827. The fourth-order valence-electron chi connectivity index (χ4n) is 8.25. The van der Waals surface area contributed by atoms with Gasteiger partial charge < -0.3 is 34.3 Å². The van der Waals surface area contributed by atoms with Crippen molar-refractivity contribution in [3.05, 3.63) is 119 Å². The lowest BCUT2D eigenvalue weighted by atomic mass is 10.1. The topological polar surface area (TPSA) is 182 Å². The van der Waals surface area contributed by atoms with E-state index in [0.717, 1.165) is 0 Å². The largest absolute Gasteiger partial charge is 0.496 e. The molecule has 4 aromatic carbocycles. The van der Waals surface area contributed by atoms with Crippen molar-refractivity contribution in [3.63, 3.8) is 0 Å². The summed E-state index contributed by atoms with van der Waals surface area (Å²) >= 11 is 12.6. The molecular formula is C46H38Cl2N8O7. The number of halogens is 2. The molecule has 15 nitrogen and oxygen atoms in total. The molecule has 2 unspecified atom stereocenters. The Morgan fingerprint density at radius 2 is 1.02 bits per heavy atom. The number of pyridine rings is 2. The number of nitrogens with one attached hydrogen (secondary N) is 2. The van der Waals surface area contributed by atoms with Gasteiger partial charge in [-0.25, -0.2) is 9.97 Å². The SMILES string of the molecule is COc1cccc2c(C(=O)N3CCCC3C(=O)Nc3ccc(-c4nnc(-c5ccc(NC(=O)C6CCCN6C(=O)c6nc(Cl)cc7c(OC)cccc67)cc5)o4)cc3)nc(Cl)cc12. The highest BCUT2D eigenvalue weighted by molar-refractivity contribution is 6.31. The summed E-state index contributed by atoms with van der Waals surface area (Å²) in [5.41, 5.74) is 2.62. The Kier molecular flexibility index (Phi) is 11.4. The van der Waals surface area contributed by atoms with Crippen LogP contribution in [0.2, 0.25) is 10.3 Å². The second-order valence-corrected chi connectivity index (χ2v) is 15.8. The summed E-state index contributed by atoms with van der Waals surface area (Å²) in [6.45, 7) is 0.790. The number of rotatable bonds is 10. The number of fused-ring (bicyclic) bond motifs is 2. The Morgan fingerprint density at radius 1 is 0.603 bits per heavy atom. The molecule has 2 N–H and O–H groups in total. The van der Waals surface area contributed by atoms with Crippen LogP contribution >= 0.6 is 23.2 Å². The zero-order chi connectivity index (χ0) is 43.8. The Bertz CT molecular complexity index is 2730. The molecule has 2 atom stereocenters. The van der Waals surface area contributed by atoms with E-state index in [1.807, 2.05) is 0 Å². The van der Waals surface area contributed by atoms with Gasteiger partial charge in [0.2, 0.25) is 23.6 Å². The fraction of sp³-hybridized carbons (Fsp3) is 0.217. The zero-order valence-corrected chi connectivity index (χ0v) is 35.4. The van der Waals surface area contributed by atoms with Gasteiger partial charge in [0.05, 0.1) is 14.2 Å². The van der Waals surface area contributed by atoms with Crippen LogP contribution in [-0.2, 0) is 9.59 Å². The third-order valence-electron chi connectivity index (χ3n) is 11.3. The van der Waals surface area contributed by atoms with Crippen molar-refractivity contribution in [2.75, 3.05) is 37.9 Å². The minimum absolute atomic E-state index is 0.149. The minimum Gasteiger partial charge on any atom is -0.496 e. The van der Waals surface area contributed by atoms with E-state index in [-0.39, 0.29) is 57.1 Å². The van der Waals surface area contributed by atoms with Crippen LogP contribution < -0.4 is 20.1 Å². The maximum Gasteiger partial charge on any atom is 0.273 e. The van der Waals surface area contributed by atoms with Crippen molar-refractivity contribution >= 4 is 79.8 Å². The Morgan fingerprint density at radius 3 is 1.41 bits per heavy atom. The first kappa shape index (κ1) is 41.3. The van der Waals surface area contributed by atoms with E-state index in [2.05, 4.69) is 30.8 Å². The number of anilines is 2. The first-order valence-corrected chi connectivity index (χ1v) is 20.9. The summed E-state index contributed by atoms with van der Waals surface area (Å²) in [4.78, 5) is 66.6. The van der Waals surface area contributed by atoms with Crippen molar-refractivity contribution in [1.82, 2.24) is 30.0 Å². The molecule has 2 fully saturated rings. The normalized spacial score (nSPS) is 16.1. The molecule has 7 aromatic rings. The maximum atomic E-state index is 13.8. The number of hydrogen-bond acceptors (Lipinski definition) is 11. The molecule has 9 rings (SSSR count). The van der Waals surface area contributed by atoms with Crippen LogP contribution in [0.4, 0.5) is 11.4 Å². The van der Waals surface area contributed by atoms with Crippen molar-refractivity contribution in [3.8, 4) is 34.4 Å². The van der Waals surface area contributed by atoms with Crippen molar-refractivity contribution in [2.24, 2.45) is 0 Å². The van der Waals surface area contributed by atoms with Crippen LogP contribution in [0, 0.1) is 0 Å². The minimum atomic E-state index is -0.706. The van der Waals surface area contributed by atoms with Gasteiger partial charge in [-0.2, -0.15) is 0 Å². The second-order valence-electron chi connectivity index (χ2n) is 15.1. The molecular weight excluding hydrogens is 847 g/mol. The van der Waals surface area contributed by atoms with Crippen LogP contribution in [0.1, 0.15) is 46.7 Å². The van der Waals surface area contributed by atoms with Gasteiger partial charge in [0.1, 0.15) is 45.3 Å². The molecule has 0 spiro atoms. The monoisotopic (exact) mass is 884 g/mol. The molecule has 2 aliphatic rings. The van der Waals surface area contributed by atoms with Crippen molar-refractivity contribution < 1.29 is 33.1 Å². The van der Waals surface area contributed by atoms with E-state index in [9.17, 15) is 19.2 Å². The first-order valence-electron chi connectivity index (χ1n) is 20.1. The van der Waals surface area contributed by atoms with Gasteiger partial charge in [-0.05, 0) is 98.5 Å². The van der Waals surface area contributed by atoms with Gasteiger partial charge in [0, 0.05) is 57.1 Å². The van der Waals surface area contributed by atoms with Crippen molar-refractivity contribution in [1.29, 1.82) is 0 Å². The van der Waals surface area contributed by atoms with Crippen LogP contribution in [0.5, 0.6) is 11.5 Å². The van der Waals surface area contributed by atoms with Crippen LogP contribution in [0.3, 0.4) is 0 Å². The molecule has 4 amide bonds. The predicted octanol–water partition coefficient (Wildman–Crippen LogP) is 8.31. The van der Waals surface area contributed by atoms with Crippen LogP contribution in [0.15, 0.2) is 101 Å². The number of aromatic nitrogens is 4. The molecule has 0 saturated carbocycles. The van der Waals surface area contributed by atoms with Gasteiger partial charge >= 0.3 is 0 Å². The lowest BCUT2D eigenvalue weighted by Crippen LogP contribution is -2.43. The zero-order valence-electron chi connectivity index (χ0n) is 33.9. The number of amides is 4. The highest BCUT2D eigenvalue weighted by Crippen LogP contribution is 2.34. The number of hydrogen-bond donors (Lipinski definition) is 2. The number of ether oxygens (including phenoxy) is 2. The highest BCUT2D eigenvalue weighted by Gasteiger charge is 2.37. The molecule has 63 heavy (non-hydrogen) atoms. The molecule has 3 aromatic heterocycles. The molecule has 0 aliphatic carbocycles. The summed E-state index contributed by atoms with van der Waals surface area (Å²) in [7, 11) is 3.09. The molecule has 318 valence electrons. The lowest BCUT2D eigenvalue weighted by molar-refractivity contribution is -0.120. The molecule has 0 radical (unpaired) electrons. The van der Waals surface area contributed by atoms with E-state index in [0.29, 0.717) is 94.3 Å². The average molecular weight is 886 g/mol.